The molecule has 3 rings (SSSR count). The Morgan fingerprint density at radius 3 is 1.97 bits per heavy atom. The average Bonchev–Trinajstić information content (AvgIpc) is 3.50. The normalized spacial score (nSPS) is 12.3. The topological polar surface area (TPSA) is 130 Å². The Labute approximate surface area is 231 Å². The first kappa shape index (κ1) is 33.7. The Morgan fingerprint density at radius 2 is 1.46 bits per heavy atom. The van der Waals surface area contributed by atoms with Gasteiger partial charge < -0.3 is 28.6 Å². The van der Waals surface area contributed by atoms with Gasteiger partial charge in [-0.25, -0.2) is 13.2 Å². The maximum Gasteiger partial charge on any atom is 0.411 e. The highest BCUT2D eigenvalue weighted by molar-refractivity contribution is 7.91. The summed E-state index contributed by atoms with van der Waals surface area (Å²) in [5.41, 5.74) is 0.425. The predicted octanol–water partition coefficient (Wildman–Crippen LogP) is 4.23. The minimum Gasteiger partial charge on any atom is -0.493 e. The predicted molar refractivity (Wildman–Crippen MR) is 148 cm³/mol. The van der Waals surface area contributed by atoms with E-state index in [1.54, 1.807) is 37.3 Å². The molecule has 12 heteroatoms. The van der Waals surface area contributed by atoms with Crippen LogP contribution in [0.2, 0.25) is 0 Å². The zero-order valence-corrected chi connectivity index (χ0v) is 24.3. The van der Waals surface area contributed by atoms with Gasteiger partial charge in [0, 0.05) is 33.4 Å². The molecule has 2 aromatic carbocycles. The second-order valence-electron chi connectivity index (χ2n) is 7.84. The highest BCUT2D eigenvalue weighted by Crippen LogP contribution is 2.34. The molecule has 1 heterocycles. The number of amides is 2. The van der Waals surface area contributed by atoms with Crippen molar-refractivity contribution in [3.8, 4) is 11.5 Å². The van der Waals surface area contributed by atoms with Gasteiger partial charge in [0.15, 0.2) is 21.3 Å². The lowest BCUT2D eigenvalue weighted by molar-refractivity contribution is -0.00272. The van der Waals surface area contributed by atoms with Crippen molar-refractivity contribution >= 4 is 27.5 Å². The summed E-state index contributed by atoms with van der Waals surface area (Å²) >= 11 is 0. The molecule has 218 valence electrons. The fourth-order valence-corrected chi connectivity index (χ4v) is 4.61. The van der Waals surface area contributed by atoms with Crippen LogP contribution in [0.25, 0.3) is 0 Å². The van der Waals surface area contributed by atoms with E-state index < -0.39 is 15.9 Å². The van der Waals surface area contributed by atoms with Crippen LogP contribution in [0.1, 0.15) is 37.0 Å². The van der Waals surface area contributed by atoms with E-state index in [0.29, 0.717) is 31.4 Å². The van der Waals surface area contributed by atoms with E-state index in [0.717, 1.165) is 12.8 Å². The van der Waals surface area contributed by atoms with Gasteiger partial charge in [0.05, 0.1) is 36.1 Å². The van der Waals surface area contributed by atoms with Crippen molar-refractivity contribution in [1.29, 1.82) is 0 Å². The third-order valence-corrected chi connectivity index (χ3v) is 7.00. The molecule has 0 unspecified atom stereocenters. The molecule has 0 aromatic heterocycles. The third-order valence-electron chi connectivity index (χ3n) is 5.31. The molecule has 1 aliphatic heterocycles. The molecule has 1 saturated heterocycles. The quantitative estimate of drug-likeness (QED) is 0.419. The van der Waals surface area contributed by atoms with Crippen LogP contribution in [0.5, 0.6) is 11.5 Å². The molecule has 0 saturated carbocycles. The molecule has 0 radical (unpaired) electrons. The first-order valence-corrected chi connectivity index (χ1v) is 14.2. The monoisotopic (exact) mass is 568 g/mol. The number of hydrogen-bond donors (Lipinski definition) is 1. The zero-order chi connectivity index (χ0) is 29.3. The summed E-state index contributed by atoms with van der Waals surface area (Å²) in [5, 5.41) is 2.53. The lowest BCUT2D eigenvalue weighted by Crippen LogP contribution is -2.29. The maximum atomic E-state index is 13.0. The van der Waals surface area contributed by atoms with Crippen LogP contribution in [-0.2, 0) is 24.0 Å². The fraction of sp³-hybridized carbons (Fsp3) is 0.481. The number of carbonyl (C=O) groups is 2. The Kier molecular flexibility index (Phi) is 15.6. The Morgan fingerprint density at radius 1 is 0.897 bits per heavy atom. The SMILES string of the molecule is CC.COCOC.COc1cc(NC(=O)OCCS(=O)(=O)c2ccccc2)c(C(=O)N2CCCC2)cc1OC. The standard InChI is InChI=1S/C22H26N2O7S.C3H8O2.C2H6/c1-29-19-14-17(21(25)24-10-6-7-11-24)18(15-20(19)30-2)23-22(26)31-12-13-32(27,28)16-8-4-3-5-9-16;1-4-3-5-2;1-2/h3-5,8-9,14-15H,6-7,10-13H2,1-2H3,(H,23,26);3H2,1-2H3;1-2H3. The molecule has 1 N–H and O–H groups in total. The van der Waals surface area contributed by atoms with Crippen molar-refractivity contribution in [3.05, 3.63) is 48.0 Å². The molecule has 0 aliphatic carbocycles. The second kappa shape index (κ2) is 18.0. The van der Waals surface area contributed by atoms with E-state index in [1.807, 2.05) is 13.8 Å². The van der Waals surface area contributed by atoms with Gasteiger partial charge in [0.2, 0.25) is 0 Å². The average molecular weight is 569 g/mol. The summed E-state index contributed by atoms with van der Waals surface area (Å²) < 4.78 is 49.2. The van der Waals surface area contributed by atoms with E-state index in [4.69, 9.17) is 14.2 Å². The number of carbonyl (C=O) groups excluding carboxylic acids is 2. The molecule has 2 aromatic rings. The Balaban J connectivity index is 0.000000975. The van der Waals surface area contributed by atoms with Crippen LogP contribution in [0, 0.1) is 0 Å². The Bertz CT molecular complexity index is 1120. The molecule has 1 fully saturated rings. The maximum absolute atomic E-state index is 13.0. The van der Waals surface area contributed by atoms with Gasteiger partial charge >= 0.3 is 6.09 Å². The van der Waals surface area contributed by atoms with Gasteiger partial charge in [0.25, 0.3) is 5.91 Å². The molecular weight excluding hydrogens is 528 g/mol. The lowest BCUT2D eigenvalue weighted by Gasteiger charge is -2.20. The van der Waals surface area contributed by atoms with Crippen LogP contribution in [0.15, 0.2) is 47.4 Å². The van der Waals surface area contributed by atoms with E-state index >= 15 is 0 Å². The smallest absolute Gasteiger partial charge is 0.411 e. The van der Waals surface area contributed by atoms with Crippen molar-refractivity contribution in [3.63, 3.8) is 0 Å². The minimum atomic E-state index is -3.58. The highest BCUT2D eigenvalue weighted by Gasteiger charge is 2.25. The highest BCUT2D eigenvalue weighted by atomic mass is 32.2. The van der Waals surface area contributed by atoms with Gasteiger partial charge in [-0.05, 0) is 31.0 Å². The van der Waals surface area contributed by atoms with E-state index in [1.165, 1.54) is 38.5 Å². The van der Waals surface area contributed by atoms with Crippen LogP contribution in [0.3, 0.4) is 0 Å². The second-order valence-corrected chi connectivity index (χ2v) is 9.95. The summed E-state index contributed by atoms with van der Waals surface area (Å²) in [5.74, 6) is 0.0661. The first-order valence-electron chi connectivity index (χ1n) is 12.5. The summed E-state index contributed by atoms with van der Waals surface area (Å²) in [6.07, 6.45) is 0.954. The summed E-state index contributed by atoms with van der Waals surface area (Å²) in [4.78, 5) is 27.2. The number of rotatable bonds is 10. The van der Waals surface area contributed by atoms with Gasteiger partial charge in [-0.15, -0.1) is 0 Å². The molecular formula is C27H40N2O9S. The Hall–Kier alpha value is -3.35. The molecule has 11 nitrogen and oxygen atoms in total. The molecule has 39 heavy (non-hydrogen) atoms. The van der Waals surface area contributed by atoms with Crippen molar-refractivity contribution in [2.24, 2.45) is 0 Å². The van der Waals surface area contributed by atoms with E-state index in [9.17, 15) is 18.0 Å². The number of ether oxygens (including phenoxy) is 5. The van der Waals surface area contributed by atoms with Gasteiger partial charge in [-0.3, -0.25) is 10.1 Å². The van der Waals surface area contributed by atoms with Crippen molar-refractivity contribution < 1.29 is 41.7 Å². The minimum absolute atomic E-state index is 0.155. The summed E-state index contributed by atoms with van der Waals surface area (Å²) in [7, 11) is 2.49. The van der Waals surface area contributed by atoms with Gasteiger partial charge in [-0.2, -0.15) is 0 Å². The number of hydrogen-bond acceptors (Lipinski definition) is 9. The zero-order valence-electron chi connectivity index (χ0n) is 23.5. The number of nitrogens with zero attached hydrogens (tertiary/aromatic N) is 1. The van der Waals surface area contributed by atoms with Crippen LogP contribution < -0.4 is 14.8 Å². The largest absolute Gasteiger partial charge is 0.493 e. The fourth-order valence-electron chi connectivity index (χ4n) is 3.50. The number of benzene rings is 2. The number of methoxy groups -OCH3 is 4. The third kappa shape index (κ3) is 10.7. The van der Waals surface area contributed by atoms with Crippen molar-refractivity contribution in [2.75, 3.05) is 66.0 Å². The molecule has 0 atom stereocenters. The number of anilines is 1. The van der Waals surface area contributed by atoms with Gasteiger partial charge in [-0.1, -0.05) is 32.0 Å². The van der Waals surface area contributed by atoms with Crippen molar-refractivity contribution in [1.82, 2.24) is 4.90 Å². The number of likely N-dealkylation sites (tertiary alicyclic amines) is 1. The molecule has 2 amide bonds. The number of nitrogens with one attached hydrogen (secondary N) is 1. The van der Waals surface area contributed by atoms with E-state index in [2.05, 4.69) is 14.8 Å². The molecule has 0 bridgehead atoms. The van der Waals surface area contributed by atoms with Gasteiger partial charge in [0.1, 0.15) is 13.4 Å². The van der Waals surface area contributed by atoms with Crippen LogP contribution in [-0.4, -0.2) is 86.0 Å². The summed E-state index contributed by atoms with van der Waals surface area (Å²) in [6, 6.07) is 10.9. The van der Waals surface area contributed by atoms with E-state index in [-0.39, 0.29) is 34.4 Å². The lowest BCUT2D eigenvalue weighted by atomic mass is 10.1. The number of sulfone groups is 1. The first-order chi connectivity index (χ1) is 18.8. The van der Waals surface area contributed by atoms with Crippen LogP contribution in [0.4, 0.5) is 10.5 Å². The molecule has 1 aliphatic rings. The van der Waals surface area contributed by atoms with Crippen LogP contribution >= 0.6 is 0 Å². The summed E-state index contributed by atoms with van der Waals surface area (Å²) in [6.45, 7) is 5.31. The van der Waals surface area contributed by atoms with Crippen molar-refractivity contribution in [2.45, 2.75) is 31.6 Å². The molecule has 0 spiro atoms.